The summed E-state index contributed by atoms with van der Waals surface area (Å²) in [5, 5.41) is 3.62. The number of aryl methyl sites for hydroxylation is 1. The molecule has 1 aliphatic heterocycles. The maximum Gasteiger partial charge on any atom is 0.294 e. The highest BCUT2D eigenvalue weighted by Gasteiger charge is 2.28. The van der Waals surface area contributed by atoms with Crippen molar-refractivity contribution in [2.45, 2.75) is 19.8 Å². The Balaban J connectivity index is 1.61. The normalized spacial score (nSPS) is 13.2. The van der Waals surface area contributed by atoms with E-state index < -0.39 is 0 Å². The molecule has 0 spiro atoms. The molecule has 3 aromatic rings. The van der Waals surface area contributed by atoms with E-state index in [2.05, 4.69) is 5.32 Å². The number of rotatable bonds is 5. The van der Waals surface area contributed by atoms with Crippen LogP contribution in [0, 0.1) is 0 Å². The first-order valence-corrected chi connectivity index (χ1v) is 9.43. The number of carbonyl (C=O) groups is 2. The fraction of sp³-hybridized carbons (Fsp3) is 0.273. The van der Waals surface area contributed by atoms with E-state index in [4.69, 9.17) is 9.15 Å². The van der Waals surface area contributed by atoms with Crippen molar-refractivity contribution >= 4 is 28.5 Å². The Labute approximate surface area is 163 Å². The quantitative estimate of drug-likeness (QED) is 0.690. The molecule has 1 N–H and O–H groups in total. The number of ether oxygens (including phenoxy) is 1. The summed E-state index contributed by atoms with van der Waals surface area (Å²) in [7, 11) is 0. The minimum absolute atomic E-state index is 0.0969. The maximum absolute atomic E-state index is 13.2. The Morgan fingerprint density at radius 3 is 2.86 bits per heavy atom. The number of furan rings is 1. The summed E-state index contributed by atoms with van der Waals surface area (Å²) in [6.07, 6.45) is 1.77. The van der Waals surface area contributed by atoms with Crippen molar-refractivity contribution in [3.63, 3.8) is 0 Å². The van der Waals surface area contributed by atoms with Crippen LogP contribution in [0.3, 0.4) is 0 Å². The van der Waals surface area contributed by atoms with E-state index in [0.717, 1.165) is 29.5 Å². The van der Waals surface area contributed by atoms with Gasteiger partial charge in [-0.3, -0.25) is 9.59 Å². The second-order valence-corrected chi connectivity index (χ2v) is 6.80. The highest BCUT2D eigenvalue weighted by atomic mass is 16.5. The van der Waals surface area contributed by atoms with Gasteiger partial charge in [0.2, 0.25) is 5.91 Å². The average Bonchev–Trinajstić information content (AvgIpc) is 3.14. The van der Waals surface area contributed by atoms with Crippen LogP contribution < -0.4 is 15.0 Å². The predicted octanol–water partition coefficient (Wildman–Crippen LogP) is 3.54. The Morgan fingerprint density at radius 2 is 2.04 bits per heavy atom. The van der Waals surface area contributed by atoms with Gasteiger partial charge in [-0.15, -0.1) is 0 Å². The summed E-state index contributed by atoms with van der Waals surface area (Å²) < 4.78 is 11.7. The number of fused-ring (bicyclic) bond motifs is 2. The summed E-state index contributed by atoms with van der Waals surface area (Å²) in [5.41, 5.74) is 2.57. The number of nitrogens with one attached hydrogen (secondary N) is 1. The van der Waals surface area contributed by atoms with Gasteiger partial charge in [-0.1, -0.05) is 30.3 Å². The molecule has 2 heterocycles. The van der Waals surface area contributed by atoms with Crippen molar-refractivity contribution in [2.24, 2.45) is 0 Å². The van der Waals surface area contributed by atoms with Crippen LogP contribution in [0.4, 0.5) is 5.69 Å². The fourth-order valence-electron chi connectivity index (χ4n) is 3.54. The van der Waals surface area contributed by atoms with E-state index in [9.17, 15) is 9.59 Å². The second kappa shape index (κ2) is 7.76. The van der Waals surface area contributed by atoms with Gasteiger partial charge in [0.05, 0.1) is 12.2 Å². The third kappa shape index (κ3) is 3.58. The zero-order chi connectivity index (χ0) is 19.5. The largest absolute Gasteiger partial charge is 0.490 e. The Kier molecular flexibility index (Phi) is 5.02. The topological polar surface area (TPSA) is 71.8 Å². The molecule has 0 unspecified atom stereocenters. The number of nitrogens with zero attached hydrogens (tertiary/aromatic N) is 1. The molecule has 0 radical (unpaired) electrons. The fourth-order valence-corrected chi connectivity index (χ4v) is 3.54. The molecule has 0 aliphatic carbocycles. The summed E-state index contributed by atoms with van der Waals surface area (Å²) in [4.78, 5) is 26.0. The lowest BCUT2D eigenvalue weighted by atomic mass is 10.0. The van der Waals surface area contributed by atoms with E-state index >= 15 is 0 Å². The number of para-hydroxylation sites is 2. The summed E-state index contributed by atoms with van der Waals surface area (Å²) in [6, 6.07) is 15.2. The molecule has 0 atom stereocenters. The molecule has 2 aromatic carbocycles. The molecule has 0 saturated carbocycles. The van der Waals surface area contributed by atoms with Gasteiger partial charge in [-0.2, -0.15) is 0 Å². The molecule has 2 amide bonds. The standard InChI is InChI=1S/C22H22N2O4/c1-15(25)23-11-13-27-19-10-4-7-16-8-5-12-24(21(16)19)22(26)20-14-17-6-2-3-9-18(17)28-20/h2-4,6-7,9-10,14H,5,8,11-13H2,1H3,(H,23,25). The molecule has 6 heteroatoms. The van der Waals surface area contributed by atoms with Gasteiger partial charge in [0.25, 0.3) is 5.91 Å². The molecule has 0 fully saturated rings. The Bertz CT molecular complexity index is 991. The first-order chi connectivity index (χ1) is 13.6. The zero-order valence-electron chi connectivity index (χ0n) is 15.7. The molecular weight excluding hydrogens is 356 g/mol. The minimum atomic E-state index is -0.171. The van der Waals surface area contributed by atoms with Gasteiger partial charge < -0.3 is 19.4 Å². The van der Waals surface area contributed by atoms with Crippen molar-refractivity contribution in [2.75, 3.05) is 24.6 Å². The SMILES string of the molecule is CC(=O)NCCOc1cccc2c1N(C(=O)c1cc3ccccc3o1)CCC2. The number of hydrogen-bond donors (Lipinski definition) is 1. The number of anilines is 1. The third-order valence-corrected chi connectivity index (χ3v) is 4.80. The lowest BCUT2D eigenvalue weighted by molar-refractivity contribution is -0.119. The van der Waals surface area contributed by atoms with Crippen LogP contribution in [-0.4, -0.2) is 31.5 Å². The number of carbonyl (C=O) groups excluding carboxylic acids is 2. The summed E-state index contributed by atoms with van der Waals surface area (Å²) in [5.74, 6) is 0.699. The van der Waals surface area contributed by atoms with Gasteiger partial charge in [0.1, 0.15) is 17.9 Å². The number of benzene rings is 2. The molecule has 0 saturated heterocycles. The number of hydrogen-bond acceptors (Lipinski definition) is 4. The molecule has 6 nitrogen and oxygen atoms in total. The Morgan fingerprint density at radius 1 is 1.18 bits per heavy atom. The van der Waals surface area contributed by atoms with E-state index in [1.165, 1.54) is 6.92 Å². The van der Waals surface area contributed by atoms with Crippen LogP contribution in [0.25, 0.3) is 11.0 Å². The van der Waals surface area contributed by atoms with Crippen LogP contribution in [0.1, 0.15) is 29.5 Å². The molecule has 4 rings (SSSR count). The number of amides is 2. The highest BCUT2D eigenvalue weighted by Crippen LogP contribution is 2.37. The van der Waals surface area contributed by atoms with Gasteiger partial charge in [-0.25, -0.2) is 0 Å². The molecule has 144 valence electrons. The maximum atomic E-state index is 13.2. The second-order valence-electron chi connectivity index (χ2n) is 6.80. The average molecular weight is 378 g/mol. The van der Waals surface area contributed by atoms with Crippen LogP contribution in [-0.2, 0) is 11.2 Å². The third-order valence-electron chi connectivity index (χ3n) is 4.80. The first-order valence-electron chi connectivity index (χ1n) is 9.43. The van der Waals surface area contributed by atoms with Crippen molar-refractivity contribution in [1.82, 2.24) is 5.32 Å². The molecule has 0 bridgehead atoms. The molecule has 28 heavy (non-hydrogen) atoms. The van der Waals surface area contributed by atoms with Gasteiger partial charge in [0.15, 0.2) is 5.76 Å². The Hall–Kier alpha value is -3.28. The first kappa shape index (κ1) is 18.1. The van der Waals surface area contributed by atoms with Crippen molar-refractivity contribution in [3.05, 3.63) is 59.9 Å². The van der Waals surface area contributed by atoms with Gasteiger partial charge in [0, 0.05) is 18.9 Å². The van der Waals surface area contributed by atoms with Gasteiger partial charge >= 0.3 is 0 Å². The van der Waals surface area contributed by atoms with Crippen LogP contribution in [0.15, 0.2) is 52.9 Å². The smallest absolute Gasteiger partial charge is 0.294 e. The van der Waals surface area contributed by atoms with E-state index in [0.29, 0.717) is 36.8 Å². The molecule has 1 aliphatic rings. The van der Waals surface area contributed by atoms with Crippen molar-refractivity contribution < 1.29 is 18.7 Å². The van der Waals surface area contributed by atoms with E-state index in [1.807, 2.05) is 42.5 Å². The van der Waals surface area contributed by atoms with Gasteiger partial charge in [-0.05, 0) is 36.6 Å². The minimum Gasteiger partial charge on any atom is -0.490 e. The summed E-state index contributed by atoms with van der Waals surface area (Å²) >= 11 is 0. The summed E-state index contributed by atoms with van der Waals surface area (Å²) in [6.45, 7) is 2.83. The van der Waals surface area contributed by atoms with Crippen molar-refractivity contribution in [1.29, 1.82) is 0 Å². The molecular formula is C22H22N2O4. The lowest BCUT2D eigenvalue weighted by Crippen LogP contribution is -2.36. The van der Waals surface area contributed by atoms with E-state index in [1.54, 1.807) is 11.0 Å². The zero-order valence-corrected chi connectivity index (χ0v) is 15.7. The van der Waals surface area contributed by atoms with Crippen LogP contribution >= 0.6 is 0 Å². The van der Waals surface area contributed by atoms with E-state index in [-0.39, 0.29) is 11.8 Å². The van der Waals surface area contributed by atoms with Crippen LogP contribution in [0.5, 0.6) is 5.75 Å². The van der Waals surface area contributed by atoms with Crippen molar-refractivity contribution in [3.8, 4) is 5.75 Å². The lowest BCUT2D eigenvalue weighted by Gasteiger charge is -2.30. The highest BCUT2D eigenvalue weighted by molar-refractivity contribution is 6.07. The molecule has 1 aromatic heterocycles. The predicted molar refractivity (Wildman–Crippen MR) is 107 cm³/mol. The monoisotopic (exact) mass is 378 g/mol. The van der Waals surface area contributed by atoms with Crippen LogP contribution in [0.2, 0.25) is 0 Å².